The molecular weight excluding hydrogens is 279 g/mol. The number of fused-ring (bicyclic) bond motifs is 3. The van der Waals surface area contributed by atoms with Gasteiger partial charge >= 0.3 is 0 Å². The van der Waals surface area contributed by atoms with Gasteiger partial charge in [0.05, 0.1) is 5.02 Å². The zero-order valence-corrected chi connectivity index (χ0v) is 12.1. The van der Waals surface area contributed by atoms with E-state index < -0.39 is 0 Å². The molecule has 0 spiro atoms. The zero-order chi connectivity index (χ0) is 14.1. The maximum atomic E-state index is 13.2. The third-order valence-electron chi connectivity index (χ3n) is 4.44. The van der Waals surface area contributed by atoms with E-state index in [1.807, 2.05) is 0 Å². The van der Waals surface area contributed by atoms with Crippen molar-refractivity contribution in [1.29, 1.82) is 0 Å². The summed E-state index contributed by atoms with van der Waals surface area (Å²) in [7, 11) is 0. The van der Waals surface area contributed by atoms with Gasteiger partial charge in [0, 0.05) is 44.8 Å². The fraction of sp³-hybridized carbons (Fsp3) is 0.571. The van der Waals surface area contributed by atoms with E-state index >= 15 is 0 Å². The van der Waals surface area contributed by atoms with Crippen molar-refractivity contribution in [2.75, 3.05) is 32.7 Å². The van der Waals surface area contributed by atoms with Crippen LogP contribution < -0.4 is 11.3 Å². The molecular formula is C14H20ClFN4. The predicted molar refractivity (Wildman–Crippen MR) is 78.0 cm³/mol. The summed E-state index contributed by atoms with van der Waals surface area (Å²) in [5, 5.41) is 0.174. The summed E-state index contributed by atoms with van der Waals surface area (Å²) in [6.07, 6.45) is 0.755. The molecule has 2 atom stereocenters. The first-order valence-electron chi connectivity index (χ1n) is 7.04. The molecule has 0 amide bonds. The van der Waals surface area contributed by atoms with Gasteiger partial charge in [0.25, 0.3) is 0 Å². The van der Waals surface area contributed by atoms with Crippen LogP contribution in [-0.2, 0) is 6.42 Å². The molecule has 2 unspecified atom stereocenters. The maximum Gasteiger partial charge on any atom is 0.141 e. The topological polar surface area (TPSA) is 44.5 Å². The summed E-state index contributed by atoms with van der Waals surface area (Å²) < 4.78 is 13.2. The Labute approximate surface area is 123 Å². The Morgan fingerprint density at radius 3 is 2.65 bits per heavy atom. The van der Waals surface area contributed by atoms with Gasteiger partial charge in [-0.05, 0) is 24.1 Å². The van der Waals surface area contributed by atoms with Crippen molar-refractivity contribution in [3.05, 3.63) is 34.6 Å². The number of nitrogens with two attached hydrogens (primary N) is 1. The number of halogens is 2. The van der Waals surface area contributed by atoms with Crippen LogP contribution in [0, 0.1) is 5.82 Å². The predicted octanol–water partition coefficient (Wildman–Crippen LogP) is 0.853. The molecule has 2 bridgehead atoms. The number of hydrogen-bond acceptors (Lipinski definition) is 4. The lowest BCUT2D eigenvalue weighted by molar-refractivity contribution is -0.00314. The summed E-state index contributed by atoms with van der Waals surface area (Å²) >= 11 is 5.84. The minimum absolute atomic E-state index is 0.152. The molecule has 0 saturated carbocycles. The molecule has 4 rings (SSSR count). The van der Waals surface area contributed by atoms with Gasteiger partial charge in [0.1, 0.15) is 5.82 Å². The van der Waals surface area contributed by atoms with Crippen LogP contribution in [0.15, 0.2) is 18.2 Å². The van der Waals surface area contributed by atoms with Crippen LogP contribution in [0.2, 0.25) is 5.02 Å². The quantitative estimate of drug-likeness (QED) is 0.639. The SMILES string of the molecule is NNC(Cc1ccc(F)c(Cl)c1)C1CN2CCN1CC2. The highest BCUT2D eigenvalue weighted by atomic mass is 35.5. The van der Waals surface area contributed by atoms with Gasteiger partial charge in [-0.15, -0.1) is 0 Å². The highest BCUT2D eigenvalue weighted by Gasteiger charge is 2.36. The molecule has 1 aromatic carbocycles. The summed E-state index contributed by atoms with van der Waals surface area (Å²) in [6, 6.07) is 5.45. The van der Waals surface area contributed by atoms with Gasteiger partial charge in [-0.25, -0.2) is 4.39 Å². The molecule has 4 nitrogen and oxygen atoms in total. The van der Waals surface area contributed by atoms with E-state index in [2.05, 4.69) is 15.2 Å². The largest absolute Gasteiger partial charge is 0.299 e. The molecule has 3 saturated heterocycles. The number of benzene rings is 1. The fourth-order valence-electron chi connectivity index (χ4n) is 3.27. The van der Waals surface area contributed by atoms with E-state index in [4.69, 9.17) is 17.4 Å². The minimum atomic E-state index is -0.376. The van der Waals surface area contributed by atoms with E-state index in [0.717, 1.165) is 44.7 Å². The second-order valence-corrected chi connectivity index (χ2v) is 6.04. The van der Waals surface area contributed by atoms with E-state index in [1.165, 1.54) is 6.07 Å². The van der Waals surface area contributed by atoms with Crippen molar-refractivity contribution >= 4 is 11.6 Å². The number of piperazine rings is 3. The first kappa shape index (κ1) is 14.2. The van der Waals surface area contributed by atoms with Gasteiger partial charge < -0.3 is 0 Å². The highest BCUT2D eigenvalue weighted by molar-refractivity contribution is 6.30. The van der Waals surface area contributed by atoms with Gasteiger partial charge in [-0.3, -0.25) is 21.1 Å². The Hall–Kier alpha value is -0.720. The van der Waals surface area contributed by atoms with Crippen molar-refractivity contribution in [2.24, 2.45) is 5.84 Å². The van der Waals surface area contributed by atoms with Crippen molar-refractivity contribution in [3.63, 3.8) is 0 Å². The zero-order valence-electron chi connectivity index (χ0n) is 11.4. The molecule has 0 aliphatic carbocycles. The Bertz CT molecular complexity index is 476. The molecule has 3 heterocycles. The molecule has 3 fully saturated rings. The lowest BCUT2D eigenvalue weighted by atomic mass is 9.95. The second-order valence-electron chi connectivity index (χ2n) is 5.63. The van der Waals surface area contributed by atoms with E-state index in [9.17, 15) is 4.39 Å². The molecule has 1 aromatic rings. The lowest BCUT2D eigenvalue weighted by Crippen LogP contribution is -2.67. The average Bonchev–Trinajstić information content (AvgIpc) is 2.49. The molecule has 110 valence electrons. The first-order chi connectivity index (χ1) is 9.67. The number of hydrazine groups is 1. The normalized spacial score (nSPS) is 30.4. The van der Waals surface area contributed by atoms with E-state index in [1.54, 1.807) is 12.1 Å². The van der Waals surface area contributed by atoms with Crippen LogP contribution >= 0.6 is 11.6 Å². The molecule has 0 radical (unpaired) electrons. The van der Waals surface area contributed by atoms with E-state index in [0.29, 0.717) is 6.04 Å². The molecule has 0 aromatic heterocycles. The third kappa shape index (κ3) is 2.82. The molecule has 20 heavy (non-hydrogen) atoms. The van der Waals surface area contributed by atoms with Gasteiger partial charge in [-0.2, -0.15) is 0 Å². The van der Waals surface area contributed by atoms with Crippen LogP contribution in [0.3, 0.4) is 0 Å². The minimum Gasteiger partial charge on any atom is -0.299 e. The van der Waals surface area contributed by atoms with Crippen LogP contribution in [0.25, 0.3) is 0 Å². The van der Waals surface area contributed by atoms with Crippen molar-refractivity contribution < 1.29 is 4.39 Å². The van der Waals surface area contributed by atoms with Crippen molar-refractivity contribution in [3.8, 4) is 0 Å². The molecule has 3 aliphatic heterocycles. The molecule has 6 heteroatoms. The lowest BCUT2D eigenvalue weighted by Gasteiger charge is -2.50. The van der Waals surface area contributed by atoms with Gasteiger partial charge in [0.15, 0.2) is 0 Å². The number of rotatable bonds is 4. The van der Waals surface area contributed by atoms with Crippen LogP contribution in [0.4, 0.5) is 4.39 Å². The van der Waals surface area contributed by atoms with Crippen molar-refractivity contribution in [2.45, 2.75) is 18.5 Å². The summed E-state index contributed by atoms with van der Waals surface area (Å²) in [4.78, 5) is 4.97. The van der Waals surface area contributed by atoms with Crippen molar-refractivity contribution in [1.82, 2.24) is 15.2 Å². The fourth-order valence-corrected chi connectivity index (χ4v) is 3.47. The second kappa shape index (κ2) is 5.95. The number of nitrogens with zero attached hydrogens (tertiary/aromatic N) is 2. The molecule has 3 N–H and O–H groups in total. The standard InChI is InChI=1S/C14H20ClFN4/c15-11-7-10(1-2-12(11)16)8-13(18-17)14-9-19-3-5-20(14)6-4-19/h1-2,7,13-14,18H,3-6,8-9,17H2. The smallest absolute Gasteiger partial charge is 0.141 e. The molecule has 3 aliphatic rings. The van der Waals surface area contributed by atoms with Crippen LogP contribution in [0.1, 0.15) is 5.56 Å². The van der Waals surface area contributed by atoms with Crippen LogP contribution in [-0.4, -0.2) is 54.6 Å². The van der Waals surface area contributed by atoms with Gasteiger partial charge in [0.2, 0.25) is 0 Å². The summed E-state index contributed by atoms with van der Waals surface area (Å²) in [5.41, 5.74) is 3.95. The summed E-state index contributed by atoms with van der Waals surface area (Å²) in [6.45, 7) is 5.55. The number of hydrogen-bond donors (Lipinski definition) is 2. The Balaban J connectivity index is 1.72. The number of nitrogens with one attached hydrogen (secondary N) is 1. The average molecular weight is 299 g/mol. The van der Waals surface area contributed by atoms with E-state index in [-0.39, 0.29) is 16.9 Å². The third-order valence-corrected chi connectivity index (χ3v) is 4.73. The monoisotopic (exact) mass is 298 g/mol. The highest BCUT2D eigenvalue weighted by Crippen LogP contribution is 2.22. The first-order valence-corrected chi connectivity index (χ1v) is 7.41. The maximum absolute atomic E-state index is 13.2. The van der Waals surface area contributed by atoms with Gasteiger partial charge in [-0.1, -0.05) is 17.7 Å². The Morgan fingerprint density at radius 2 is 2.10 bits per heavy atom. The van der Waals surface area contributed by atoms with Crippen LogP contribution in [0.5, 0.6) is 0 Å². The summed E-state index contributed by atoms with van der Waals surface area (Å²) in [5.74, 6) is 5.37. The Kier molecular flexibility index (Phi) is 4.23. The Morgan fingerprint density at radius 1 is 1.35 bits per heavy atom.